The fourth-order valence-corrected chi connectivity index (χ4v) is 3.09. The second-order valence-electron chi connectivity index (χ2n) is 6.76. The summed E-state index contributed by atoms with van der Waals surface area (Å²) in [5.74, 6) is -2.05. The van der Waals surface area contributed by atoms with Gasteiger partial charge in [0.05, 0.1) is 17.7 Å². The van der Waals surface area contributed by atoms with Crippen molar-refractivity contribution in [1.29, 1.82) is 0 Å². The number of benzene rings is 1. The molecule has 1 N–H and O–H groups in total. The lowest BCUT2D eigenvalue weighted by Gasteiger charge is -2.12. The second-order valence-corrected chi connectivity index (χ2v) is 6.76. The molecule has 0 spiro atoms. The number of alkyl halides is 4. The Labute approximate surface area is 156 Å². The van der Waals surface area contributed by atoms with E-state index in [-0.39, 0.29) is 23.4 Å². The van der Waals surface area contributed by atoms with E-state index in [9.17, 15) is 26.7 Å². The number of aromatic nitrogens is 2. The van der Waals surface area contributed by atoms with Crippen LogP contribution in [0.3, 0.4) is 0 Å². The highest BCUT2D eigenvalue weighted by Crippen LogP contribution is 2.37. The van der Waals surface area contributed by atoms with Crippen molar-refractivity contribution >= 4 is 17.4 Å². The number of hydrogen-bond acceptors (Lipinski definition) is 2. The monoisotopic (exact) mass is 395 g/mol. The molecule has 2 atom stereocenters. The Morgan fingerprint density at radius 1 is 1.29 bits per heavy atom. The number of rotatable bonds is 3. The summed E-state index contributed by atoms with van der Waals surface area (Å²) in [6, 6.07) is 5.06. The first kappa shape index (κ1) is 18.4. The van der Waals surface area contributed by atoms with Gasteiger partial charge in [0.15, 0.2) is 11.5 Å². The van der Waals surface area contributed by atoms with Gasteiger partial charge in [-0.1, -0.05) is 12.1 Å². The second kappa shape index (κ2) is 6.29. The molecule has 2 aromatic heterocycles. The van der Waals surface area contributed by atoms with E-state index in [1.165, 1.54) is 37.5 Å². The number of amides is 1. The van der Waals surface area contributed by atoms with Gasteiger partial charge < -0.3 is 9.72 Å². The van der Waals surface area contributed by atoms with Crippen LogP contribution in [0.4, 0.5) is 27.8 Å². The highest BCUT2D eigenvalue weighted by molar-refractivity contribution is 5.94. The maximum absolute atomic E-state index is 13.9. The summed E-state index contributed by atoms with van der Waals surface area (Å²) in [6.45, 7) is 1.48. The lowest BCUT2D eigenvalue weighted by Crippen LogP contribution is -2.15. The lowest BCUT2D eigenvalue weighted by molar-refractivity contribution is -0.136. The molecule has 0 radical (unpaired) electrons. The van der Waals surface area contributed by atoms with Gasteiger partial charge in [0.2, 0.25) is 5.91 Å². The smallest absolute Gasteiger partial charge is 0.309 e. The molecule has 1 aromatic carbocycles. The Balaban J connectivity index is 1.82. The summed E-state index contributed by atoms with van der Waals surface area (Å²) in [5.41, 5.74) is -0.758. The maximum Gasteiger partial charge on any atom is 0.420 e. The van der Waals surface area contributed by atoms with Crippen LogP contribution in [-0.4, -0.2) is 21.5 Å². The molecule has 1 amide bonds. The number of halogens is 5. The normalized spacial score (nSPS) is 19.1. The van der Waals surface area contributed by atoms with E-state index in [4.69, 9.17) is 0 Å². The van der Waals surface area contributed by atoms with Crippen molar-refractivity contribution in [2.45, 2.75) is 25.7 Å². The largest absolute Gasteiger partial charge is 0.420 e. The van der Waals surface area contributed by atoms with E-state index < -0.39 is 41.2 Å². The first-order chi connectivity index (χ1) is 13.1. The van der Waals surface area contributed by atoms with Crippen LogP contribution < -0.4 is 5.32 Å². The van der Waals surface area contributed by atoms with Crippen molar-refractivity contribution in [3.8, 4) is 11.1 Å². The summed E-state index contributed by atoms with van der Waals surface area (Å²) >= 11 is 0. The van der Waals surface area contributed by atoms with Gasteiger partial charge in [-0.25, -0.2) is 13.8 Å². The number of hydrogen-bond donors (Lipinski definition) is 1. The van der Waals surface area contributed by atoms with Gasteiger partial charge in [-0.2, -0.15) is 13.2 Å². The first-order valence-electron chi connectivity index (χ1n) is 8.45. The quantitative estimate of drug-likeness (QED) is 0.650. The molecular weight excluding hydrogens is 381 g/mol. The van der Waals surface area contributed by atoms with E-state index in [0.29, 0.717) is 5.56 Å². The van der Waals surface area contributed by atoms with Crippen LogP contribution in [0.2, 0.25) is 0 Å². The number of nitrogens with one attached hydrogen (secondary N) is 1. The SMILES string of the molecule is Cc1c(F)cccc1-c1cc(C(F)(F)F)c2nc(NC(=O)C3CC3F)cn2c1. The Bertz CT molecular complexity index is 1090. The van der Waals surface area contributed by atoms with Crippen LogP contribution in [0.15, 0.2) is 36.7 Å². The Hall–Kier alpha value is -2.97. The van der Waals surface area contributed by atoms with Gasteiger partial charge in [-0.05, 0) is 42.2 Å². The van der Waals surface area contributed by atoms with Crippen LogP contribution in [0, 0.1) is 18.7 Å². The van der Waals surface area contributed by atoms with Crippen LogP contribution >= 0.6 is 0 Å². The molecule has 4 rings (SSSR count). The molecule has 1 saturated carbocycles. The molecule has 1 fully saturated rings. The van der Waals surface area contributed by atoms with Gasteiger partial charge in [0, 0.05) is 6.20 Å². The molecule has 2 heterocycles. The minimum atomic E-state index is -4.72. The maximum atomic E-state index is 13.9. The molecule has 1 aliphatic rings. The molecular formula is C19H14F5N3O. The summed E-state index contributed by atoms with van der Waals surface area (Å²) < 4.78 is 68.7. The molecule has 4 nitrogen and oxygen atoms in total. The lowest BCUT2D eigenvalue weighted by atomic mass is 10.0. The number of carbonyl (C=O) groups is 1. The summed E-state index contributed by atoms with van der Waals surface area (Å²) in [4.78, 5) is 15.7. The van der Waals surface area contributed by atoms with Crippen LogP contribution in [0.5, 0.6) is 0 Å². The van der Waals surface area contributed by atoms with Gasteiger partial charge in [0.25, 0.3) is 0 Å². The standard InChI is InChI=1S/C19H14F5N3O/c1-9-11(3-2-4-14(9)20)10-5-13(19(22,23)24)17-25-16(8-27(17)7-10)26-18(28)12-6-15(12)21/h2-5,7-8,12,15H,6H2,1H3,(H,26,28). The highest BCUT2D eigenvalue weighted by Gasteiger charge is 2.44. The molecule has 0 aliphatic heterocycles. The van der Waals surface area contributed by atoms with Crippen LogP contribution in [0.25, 0.3) is 16.8 Å². The fourth-order valence-electron chi connectivity index (χ4n) is 3.09. The zero-order valence-electron chi connectivity index (χ0n) is 14.5. The number of fused-ring (bicyclic) bond motifs is 1. The fraction of sp³-hybridized carbons (Fsp3) is 0.263. The topological polar surface area (TPSA) is 46.4 Å². The Kier molecular flexibility index (Phi) is 4.13. The van der Waals surface area contributed by atoms with Gasteiger partial charge in [-0.3, -0.25) is 4.79 Å². The number of nitrogens with zero attached hydrogens (tertiary/aromatic N) is 2. The van der Waals surface area contributed by atoms with Crippen LogP contribution in [-0.2, 0) is 11.0 Å². The Morgan fingerprint density at radius 3 is 2.64 bits per heavy atom. The van der Waals surface area contributed by atoms with Crippen molar-refractivity contribution in [2.24, 2.45) is 5.92 Å². The highest BCUT2D eigenvalue weighted by atomic mass is 19.4. The summed E-state index contributed by atoms with van der Waals surface area (Å²) in [6.07, 6.45) is -3.26. The zero-order valence-corrected chi connectivity index (χ0v) is 14.5. The summed E-state index contributed by atoms with van der Waals surface area (Å²) in [5, 5.41) is 2.34. The summed E-state index contributed by atoms with van der Waals surface area (Å²) in [7, 11) is 0. The van der Waals surface area contributed by atoms with Crippen molar-refractivity contribution in [1.82, 2.24) is 9.38 Å². The molecule has 28 heavy (non-hydrogen) atoms. The number of carbonyl (C=O) groups excluding carboxylic acids is 1. The van der Waals surface area contributed by atoms with E-state index in [1.54, 1.807) is 0 Å². The van der Waals surface area contributed by atoms with Crippen molar-refractivity contribution in [2.75, 3.05) is 5.32 Å². The predicted molar refractivity (Wildman–Crippen MR) is 92.0 cm³/mol. The van der Waals surface area contributed by atoms with E-state index in [2.05, 4.69) is 10.3 Å². The third-order valence-electron chi connectivity index (χ3n) is 4.74. The van der Waals surface area contributed by atoms with E-state index in [1.807, 2.05) is 0 Å². The molecule has 146 valence electrons. The minimum Gasteiger partial charge on any atom is -0.309 e. The average molecular weight is 395 g/mol. The first-order valence-corrected chi connectivity index (χ1v) is 8.45. The average Bonchev–Trinajstić information content (AvgIpc) is 3.21. The third kappa shape index (κ3) is 3.21. The minimum absolute atomic E-state index is 0.0933. The molecule has 9 heteroatoms. The van der Waals surface area contributed by atoms with Crippen molar-refractivity contribution in [3.05, 3.63) is 53.6 Å². The molecule has 3 aromatic rings. The van der Waals surface area contributed by atoms with Crippen molar-refractivity contribution in [3.63, 3.8) is 0 Å². The number of imidazole rings is 1. The number of anilines is 1. The van der Waals surface area contributed by atoms with E-state index >= 15 is 0 Å². The number of pyridine rings is 1. The molecule has 0 bridgehead atoms. The van der Waals surface area contributed by atoms with E-state index in [0.717, 1.165) is 10.5 Å². The van der Waals surface area contributed by atoms with Crippen LogP contribution in [0.1, 0.15) is 17.5 Å². The molecule has 2 unspecified atom stereocenters. The third-order valence-corrected chi connectivity index (χ3v) is 4.74. The van der Waals surface area contributed by atoms with Gasteiger partial charge in [-0.15, -0.1) is 0 Å². The molecule has 1 aliphatic carbocycles. The predicted octanol–water partition coefficient (Wildman–Crippen LogP) is 4.76. The molecule has 0 saturated heterocycles. The van der Waals surface area contributed by atoms with Crippen molar-refractivity contribution < 1.29 is 26.7 Å². The zero-order chi connectivity index (χ0) is 20.2. The Morgan fingerprint density at radius 2 is 2.00 bits per heavy atom. The van der Waals surface area contributed by atoms with Gasteiger partial charge in [0.1, 0.15) is 12.0 Å². The van der Waals surface area contributed by atoms with Gasteiger partial charge >= 0.3 is 6.18 Å².